The van der Waals surface area contributed by atoms with Crippen LogP contribution in [0.5, 0.6) is 0 Å². The maximum atomic E-state index is 13.3. The first-order chi connectivity index (χ1) is 7.93. The summed E-state index contributed by atoms with van der Waals surface area (Å²) in [6.45, 7) is 0. The molecule has 0 bridgehead atoms. The first-order valence-electron chi connectivity index (χ1n) is 4.84. The molecule has 0 aromatic heterocycles. The first-order valence-corrected chi connectivity index (χ1v) is 4.84. The molecule has 0 radical (unpaired) electrons. The molecule has 0 unspecified atom stereocenters. The number of aliphatic carboxylic acids is 1. The van der Waals surface area contributed by atoms with E-state index in [1.165, 1.54) is 23.1 Å². The SMILES string of the molecule is CN(C)C=C(C(=O)O)C(=O)c1ccccc1F. The molecule has 0 aliphatic rings. The van der Waals surface area contributed by atoms with Gasteiger partial charge in [0.15, 0.2) is 0 Å². The van der Waals surface area contributed by atoms with Gasteiger partial charge in [-0.2, -0.15) is 0 Å². The number of halogens is 1. The number of Topliss-reactive ketones (excluding diaryl/α,β-unsaturated/α-hetero) is 1. The second-order valence-corrected chi connectivity index (χ2v) is 3.62. The van der Waals surface area contributed by atoms with E-state index in [1.807, 2.05) is 0 Å². The molecule has 0 aliphatic carbocycles. The third kappa shape index (κ3) is 3.14. The van der Waals surface area contributed by atoms with Crippen LogP contribution in [-0.4, -0.2) is 35.9 Å². The van der Waals surface area contributed by atoms with Crippen LogP contribution in [-0.2, 0) is 4.79 Å². The second kappa shape index (κ2) is 5.25. The van der Waals surface area contributed by atoms with Crippen molar-refractivity contribution < 1.29 is 19.1 Å². The minimum absolute atomic E-state index is 0.247. The van der Waals surface area contributed by atoms with E-state index >= 15 is 0 Å². The molecular weight excluding hydrogens is 225 g/mol. The van der Waals surface area contributed by atoms with Crippen LogP contribution in [0.15, 0.2) is 36.0 Å². The quantitative estimate of drug-likeness (QED) is 0.373. The zero-order valence-corrected chi connectivity index (χ0v) is 9.48. The van der Waals surface area contributed by atoms with Gasteiger partial charge in [0, 0.05) is 20.3 Å². The Bertz CT molecular complexity index is 480. The summed E-state index contributed by atoms with van der Waals surface area (Å²) in [4.78, 5) is 24.2. The molecule has 0 spiro atoms. The Hall–Kier alpha value is -2.17. The number of carboxylic acid groups (broad SMARTS) is 1. The number of nitrogens with zero attached hydrogens (tertiary/aromatic N) is 1. The van der Waals surface area contributed by atoms with Crippen molar-refractivity contribution in [3.05, 3.63) is 47.4 Å². The van der Waals surface area contributed by atoms with Gasteiger partial charge in [0.2, 0.25) is 5.78 Å². The Morgan fingerprint density at radius 2 is 1.88 bits per heavy atom. The van der Waals surface area contributed by atoms with Crippen molar-refractivity contribution >= 4 is 11.8 Å². The molecule has 0 atom stereocenters. The molecule has 1 rings (SSSR count). The summed E-state index contributed by atoms with van der Waals surface area (Å²) in [5.74, 6) is -2.96. The molecule has 1 N–H and O–H groups in total. The molecule has 0 saturated carbocycles. The number of carboxylic acids is 1. The molecule has 4 nitrogen and oxygen atoms in total. The highest BCUT2D eigenvalue weighted by Gasteiger charge is 2.21. The van der Waals surface area contributed by atoms with E-state index in [9.17, 15) is 14.0 Å². The molecule has 0 aliphatic heterocycles. The van der Waals surface area contributed by atoms with Crippen molar-refractivity contribution in [1.29, 1.82) is 0 Å². The Balaban J connectivity index is 3.19. The van der Waals surface area contributed by atoms with E-state index in [0.29, 0.717) is 0 Å². The van der Waals surface area contributed by atoms with E-state index in [-0.39, 0.29) is 5.56 Å². The Morgan fingerprint density at radius 3 is 2.35 bits per heavy atom. The third-order valence-corrected chi connectivity index (χ3v) is 1.98. The maximum absolute atomic E-state index is 13.3. The summed E-state index contributed by atoms with van der Waals surface area (Å²) in [5, 5.41) is 8.91. The van der Waals surface area contributed by atoms with Gasteiger partial charge in [0.1, 0.15) is 11.4 Å². The Morgan fingerprint density at radius 1 is 1.29 bits per heavy atom. The van der Waals surface area contributed by atoms with Crippen LogP contribution in [0.4, 0.5) is 4.39 Å². The van der Waals surface area contributed by atoms with Gasteiger partial charge in [-0.15, -0.1) is 0 Å². The molecule has 1 aromatic carbocycles. The smallest absolute Gasteiger partial charge is 0.341 e. The van der Waals surface area contributed by atoms with Crippen LogP contribution in [0, 0.1) is 5.82 Å². The third-order valence-electron chi connectivity index (χ3n) is 1.98. The van der Waals surface area contributed by atoms with E-state index in [0.717, 1.165) is 12.3 Å². The zero-order valence-electron chi connectivity index (χ0n) is 9.48. The zero-order chi connectivity index (χ0) is 13.0. The van der Waals surface area contributed by atoms with Crippen molar-refractivity contribution in [3.63, 3.8) is 0 Å². The van der Waals surface area contributed by atoms with Crippen LogP contribution >= 0.6 is 0 Å². The first kappa shape index (κ1) is 12.9. The van der Waals surface area contributed by atoms with Gasteiger partial charge in [0.25, 0.3) is 0 Å². The lowest BCUT2D eigenvalue weighted by Gasteiger charge is -2.08. The highest BCUT2D eigenvalue weighted by molar-refractivity contribution is 6.23. The van der Waals surface area contributed by atoms with Gasteiger partial charge >= 0.3 is 5.97 Å². The molecular formula is C12H12FNO3. The van der Waals surface area contributed by atoms with Crippen LogP contribution in [0.3, 0.4) is 0 Å². The summed E-state index contributed by atoms with van der Waals surface area (Å²) in [7, 11) is 3.16. The number of hydrogen-bond donors (Lipinski definition) is 1. The lowest BCUT2D eigenvalue weighted by molar-refractivity contribution is -0.132. The second-order valence-electron chi connectivity index (χ2n) is 3.62. The van der Waals surface area contributed by atoms with Gasteiger partial charge in [-0.25, -0.2) is 9.18 Å². The van der Waals surface area contributed by atoms with Crippen LogP contribution < -0.4 is 0 Å². The molecule has 17 heavy (non-hydrogen) atoms. The monoisotopic (exact) mass is 237 g/mol. The summed E-state index contributed by atoms with van der Waals surface area (Å²) in [6, 6.07) is 5.28. The standard InChI is InChI=1S/C12H12FNO3/c1-14(2)7-9(12(16)17)11(15)8-5-3-4-6-10(8)13/h3-7H,1-2H3,(H,16,17). The molecule has 0 amide bonds. The Labute approximate surface area is 98.0 Å². The summed E-state index contributed by atoms with van der Waals surface area (Å²) in [5.41, 5.74) is -0.719. The lowest BCUT2D eigenvalue weighted by atomic mass is 10.0. The molecule has 0 heterocycles. The van der Waals surface area contributed by atoms with Crippen molar-refractivity contribution in [2.75, 3.05) is 14.1 Å². The fourth-order valence-electron chi connectivity index (χ4n) is 1.26. The predicted molar refractivity (Wildman–Crippen MR) is 60.1 cm³/mol. The minimum Gasteiger partial charge on any atom is -0.477 e. The van der Waals surface area contributed by atoms with Gasteiger partial charge in [-0.3, -0.25) is 4.79 Å². The van der Waals surface area contributed by atoms with Gasteiger partial charge in [0.05, 0.1) is 5.56 Å². The van der Waals surface area contributed by atoms with Gasteiger partial charge < -0.3 is 10.0 Å². The number of ketones is 1. The fourth-order valence-corrected chi connectivity index (χ4v) is 1.26. The van der Waals surface area contributed by atoms with Gasteiger partial charge in [-0.05, 0) is 12.1 Å². The maximum Gasteiger partial charge on any atom is 0.341 e. The highest BCUT2D eigenvalue weighted by atomic mass is 19.1. The topological polar surface area (TPSA) is 57.6 Å². The molecule has 0 fully saturated rings. The average Bonchev–Trinajstić information content (AvgIpc) is 2.25. The van der Waals surface area contributed by atoms with E-state index in [1.54, 1.807) is 14.1 Å². The largest absolute Gasteiger partial charge is 0.477 e. The van der Waals surface area contributed by atoms with E-state index < -0.39 is 23.1 Å². The number of hydrogen-bond acceptors (Lipinski definition) is 3. The number of carbonyl (C=O) groups excluding carboxylic acids is 1. The average molecular weight is 237 g/mol. The molecule has 1 aromatic rings. The van der Waals surface area contributed by atoms with Crippen LogP contribution in [0.25, 0.3) is 0 Å². The number of carbonyl (C=O) groups is 2. The summed E-state index contributed by atoms with van der Waals surface area (Å²) >= 11 is 0. The normalized spacial score (nSPS) is 11.1. The predicted octanol–water partition coefficient (Wildman–Crippen LogP) is 1.54. The fraction of sp³-hybridized carbons (Fsp3) is 0.167. The van der Waals surface area contributed by atoms with Crippen LogP contribution in [0.1, 0.15) is 10.4 Å². The lowest BCUT2D eigenvalue weighted by Crippen LogP contribution is -2.17. The molecule has 90 valence electrons. The minimum atomic E-state index is -1.38. The molecule has 0 saturated heterocycles. The summed E-state index contributed by atoms with van der Waals surface area (Å²) < 4.78 is 13.3. The highest BCUT2D eigenvalue weighted by Crippen LogP contribution is 2.13. The van der Waals surface area contributed by atoms with Crippen LogP contribution in [0.2, 0.25) is 0 Å². The Kier molecular flexibility index (Phi) is 3.98. The number of rotatable bonds is 4. The van der Waals surface area contributed by atoms with E-state index in [2.05, 4.69) is 0 Å². The summed E-state index contributed by atoms with van der Waals surface area (Å²) in [6.07, 6.45) is 1.15. The molecule has 5 heteroatoms. The number of benzene rings is 1. The van der Waals surface area contributed by atoms with Crippen molar-refractivity contribution in [2.24, 2.45) is 0 Å². The van der Waals surface area contributed by atoms with Crippen molar-refractivity contribution in [3.8, 4) is 0 Å². The van der Waals surface area contributed by atoms with Crippen molar-refractivity contribution in [2.45, 2.75) is 0 Å². The van der Waals surface area contributed by atoms with Gasteiger partial charge in [-0.1, -0.05) is 12.1 Å². The van der Waals surface area contributed by atoms with Crippen molar-refractivity contribution in [1.82, 2.24) is 4.90 Å². The van der Waals surface area contributed by atoms with E-state index in [4.69, 9.17) is 5.11 Å².